The summed E-state index contributed by atoms with van der Waals surface area (Å²) in [5, 5.41) is 6.52. The fourth-order valence-corrected chi connectivity index (χ4v) is 2.43. The zero-order chi connectivity index (χ0) is 15.3. The van der Waals surface area contributed by atoms with E-state index in [4.69, 9.17) is 4.52 Å². The molecule has 0 fully saturated rings. The minimum Gasteiger partial charge on any atom is -0.361 e. The first-order chi connectivity index (χ1) is 10.3. The molecule has 1 aromatic heterocycles. The first-order valence-corrected chi connectivity index (χ1v) is 8.45. The minimum absolute atomic E-state index is 0.0790. The van der Waals surface area contributed by atoms with Crippen molar-refractivity contribution in [1.29, 1.82) is 0 Å². The van der Waals surface area contributed by atoms with Crippen molar-refractivity contribution in [2.45, 2.75) is 78.1 Å². The van der Waals surface area contributed by atoms with Crippen LogP contribution in [0.3, 0.4) is 0 Å². The van der Waals surface area contributed by atoms with Gasteiger partial charge in [-0.2, -0.15) is 0 Å². The van der Waals surface area contributed by atoms with Gasteiger partial charge in [0.25, 0.3) is 5.91 Å². The van der Waals surface area contributed by atoms with Gasteiger partial charge in [-0.15, -0.1) is 0 Å². The second-order valence-electron chi connectivity index (χ2n) is 5.73. The molecule has 1 N–H and O–H groups in total. The fourth-order valence-electron chi connectivity index (χ4n) is 2.43. The van der Waals surface area contributed by atoms with E-state index in [2.05, 4.69) is 17.4 Å². The molecule has 120 valence electrons. The third-order valence-corrected chi connectivity index (χ3v) is 3.81. The predicted octanol–water partition coefficient (Wildman–Crippen LogP) is 4.63. The number of nitrogens with zero attached hydrogens (tertiary/aromatic N) is 1. The number of nitrogens with one attached hydrogen (secondary N) is 1. The summed E-state index contributed by atoms with van der Waals surface area (Å²) in [7, 11) is 0. The number of unbranched alkanes of at least 4 members (excludes halogenated alkanes) is 9. The molecule has 1 rings (SSSR count). The molecule has 0 aliphatic rings. The van der Waals surface area contributed by atoms with Crippen LogP contribution < -0.4 is 5.32 Å². The van der Waals surface area contributed by atoms with Crippen LogP contribution in [0.4, 0.5) is 0 Å². The van der Waals surface area contributed by atoms with Gasteiger partial charge in [0, 0.05) is 6.54 Å². The summed E-state index contributed by atoms with van der Waals surface area (Å²) in [5.41, 5.74) is 0.544. The van der Waals surface area contributed by atoms with Crippen LogP contribution in [0.2, 0.25) is 0 Å². The number of carbonyl (C=O) groups is 1. The van der Waals surface area contributed by atoms with E-state index in [1.807, 2.05) is 0 Å². The van der Waals surface area contributed by atoms with Crippen molar-refractivity contribution in [3.8, 4) is 0 Å². The van der Waals surface area contributed by atoms with E-state index in [1.165, 1.54) is 64.0 Å². The summed E-state index contributed by atoms with van der Waals surface area (Å²) < 4.78 is 4.88. The highest BCUT2D eigenvalue weighted by atomic mass is 16.5. The molecule has 0 saturated carbocycles. The zero-order valence-electron chi connectivity index (χ0n) is 13.6. The van der Waals surface area contributed by atoms with E-state index in [-0.39, 0.29) is 5.91 Å². The summed E-state index contributed by atoms with van der Waals surface area (Å²) >= 11 is 0. The van der Waals surface area contributed by atoms with Crippen molar-refractivity contribution < 1.29 is 9.32 Å². The minimum atomic E-state index is -0.0790. The quantitative estimate of drug-likeness (QED) is 0.572. The first-order valence-electron chi connectivity index (χ1n) is 8.45. The number of aryl methyl sites for hydroxylation is 1. The zero-order valence-corrected chi connectivity index (χ0v) is 13.6. The molecule has 1 amide bonds. The average Bonchev–Trinajstić information content (AvgIpc) is 2.91. The summed E-state index contributed by atoms with van der Waals surface area (Å²) in [5.74, 6) is 0.500. The van der Waals surface area contributed by atoms with Gasteiger partial charge in [-0.05, 0) is 13.3 Å². The monoisotopic (exact) mass is 294 g/mol. The van der Waals surface area contributed by atoms with Gasteiger partial charge >= 0.3 is 0 Å². The van der Waals surface area contributed by atoms with E-state index in [9.17, 15) is 4.79 Å². The van der Waals surface area contributed by atoms with Crippen molar-refractivity contribution in [3.63, 3.8) is 0 Å². The van der Waals surface area contributed by atoms with Crippen molar-refractivity contribution in [3.05, 3.63) is 17.5 Å². The summed E-state index contributed by atoms with van der Waals surface area (Å²) in [4.78, 5) is 11.8. The van der Waals surface area contributed by atoms with Crippen LogP contribution in [0.25, 0.3) is 0 Å². The molecular formula is C17H30N2O2. The summed E-state index contributed by atoms with van der Waals surface area (Å²) in [6.07, 6.45) is 14.5. The van der Waals surface area contributed by atoms with Gasteiger partial charge < -0.3 is 9.84 Å². The molecular weight excluding hydrogens is 264 g/mol. The second kappa shape index (κ2) is 11.4. The maximum absolute atomic E-state index is 11.8. The molecule has 0 bridgehead atoms. The van der Waals surface area contributed by atoms with Crippen LogP contribution in [0, 0.1) is 6.92 Å². The fraction of sp³-hybridized carbons (Fsp3) is 0.765. The van der Waals surface area contributed by atoms with Gasteiger partial charge in [-0.25, -0.2) is 0 Å². The highest BCUT2D eigenvalue weighted by molar-refractivity contribution is 5.94. The van der Waals surface area contributed by atoms with E-state index in [1.54, 1.807) is 6.92 Å². The number of carbonyl (C=O) groups excluding carboxylic acids is 1. The standard InChI is InChI=1S/C17H30N2O2/c1-3-4-5-6-7-8-9-10-11-12-13-18-17(20)16-14-19-21-15(16)2/h14H,3-13H2,1-2H3,(H,18,20). The SMILES string of the molecule is CCCCCCCCCCCCNC(=O)c1cnoc1C. The van der Waals surface area contributed by atoms with Crippen LogP contribution >= 0.6 is 0 Å². The van der Waals surface area contributed by atoms with Gasteiger partial charge in [-0.1, -0.05) is 69.9 Å². The third-order valence-electron chi connectivity index (χ3n) is 3.81. The van der Waals surface area contributed by atoms with Gasteiger partial charge in [0.05, 0.1) is 6.20 Å². The third kappa shape index (κ3) is 7.88. The van der Waals surface area contributed by atoms with Gasteiger partial charge in [0.2, 0.25) is 0 Å². The number of amides is 1. The Bertz CT molecular complexity index is 388. The molecule has 1 heterocycles. The topological polar surface area (TPSA) is 55.1 Å². The van der Waals surface area contributed by atoms with E-state index >= 15 is 0 Å². The number of hydrogen-bond acceptors (Lipinski definition) is 3. The lowest BCUT2D eigenvalue weighted by atomic mass is 10.1. The molecule has 0 saturated heterocycles. The Morgan fingerprint density at radius 3 is 2.14 bits per heavy atom. The van der Waals surface area contributed by atoms with Crippen LogP contribution in [0.5, 0.6) is 0 Å². The lowest BCUT2D eigenvalue weighted by Gasteiger charge is -2.04. The lowest BCUT2D eigenvalue weighted by molar-refractivity contribution is 0.0951. The van der Waals surface area contributed by atoms with Crippen molar-refractivity contribution in [1.82, 2.24) is 10.5 Å². The molecule has 0 aromatic carbocycles. The molecule has 4 nitrogen and oxygen atoms in total. The summed E-state index contributed by atoms with van der Waals surface area (Å²) in [6, 6.07) is 0. The van der Waals surface area contributed by atoms with Crippen molar-refractivity contribution in [2.75, 3.05) is 6.54 Å². The van der Waals surface area contributed by atoms with E-state index < -0.39 is 0 Å². The molecule has 0 unspecified atom stereocenters. The summed E-state index contributed by atoms with van der Waals surface area (Å²) in [6.45, 7) is 4.74. The number of aromatic nitrogens is 1. The van der Waals surface area contributed by atoms with Crippen LogP contribution in [-0.4, -0.2) is 17.6 Å². The Balaban J connectivity index is 1.89. The molecule has 0 aliphatic heterocycles. The average molecular weight is 294 g/mol. The highest BCUT2D eigenvalue weighted by Crippen LogP contribution is 2.10. The van der Waals surface area contributed by atoms with Crippen molar-refractivity contribution >= 4 is 5.91 Å². The molecule has 0 radical (unpaired) electrons. The van der Waals surface area contributed by atoms with Crippen LogP contribution in [-0.2, 0) is 0 Å². The Morgan fingerprint density at radius 1 is 1.05 bits per heavy atom. The number of rotatable bonds is 12. The van der Waals surface area contributed by atoms with Crippen molar-refractivity contribution in [2.24, 2.45) is 0 Å². The van der Waals surface area contributed by atoms with Crippen LogP contribution in [0.1, 0.15) is 87.3 Å². The predicted molar refractivity (Wildman–Crippen MR) is 85.4 cm³/mol. The number of hydrogen-bond donors (Lipinski definition) is 1. The molecule has 0 atom stereocenters. The highest BCUT2D eigenvalue weighted by Gasteiger charge is 2.11. The largest absolute Gasteiger partial charge is 0.361 e. The normalized spacial score (nSPS) is 10.8. The second-order valence-corrected chi connectivity index (χ2v) is 5.73. The molecule has 1 aromatic rings. The maximum atomic E-state index is 11.8. The molecule has 0 spiro atoms. The van der Waals surface area contributed by atoms with Gasteiger partial charge in [0.1, 0.15) is 11.3 Å². The Kier molecular flexibility index (Phi) is 9.58. The molecule has 4 heteroatoms. The Morgan fingerprint density at radius 2 is 1.62 bits per heavy atom. The first kappa shape index (κ1) is 17.7. The van der Waals surface area contributed by atoms with Gasteiger partial charge in [-0.3, -0.25) is 4.79 Å². The van der Waals surface area contributed by atoms with Crippen LogP contribution in [0.15, 0.2) is 10.7 Å². The maximum Gasteiger partial charge on any atom is 0.256 e. The Hall–Kier alpha value is -1.32. The lowest BCUT2D eigenvalue weighted by Crippen LogP contribution is -2.24. The van der Waals surface area contributed by atoms with E-state index in [0.717, 1.165) is 13.0 Å². The van der Waals surface area contributed by atoms with E-state index in [0.29, 0.717) is 11.3 Å². The molecule has 21 heavy (non-hydrogen) atoms. The smallest absolute Gasteiger partial charge is 0.256 e. The Labute approximate surface area is 128 Å². The molecule has 0 aliphatic carbocycles. The van der Waals surface area contributed by atoms with Gasteiger partial charge in [0.15, 0.2) is 0 Å².